The van der Waals surface area contributed by atoms with Gasteiger partial charge in [-0.1, -0.05) is 6.42 Å². The topological polar surface area (TPSA) is 78.9 Å². The Morgan fingerprint density at radius 2 is 1.43 bits per heavy atom. The maximum Gasteiger partial charge on any atom is 0.338 e. The zero-order chi connectivity index (χ0) is 16.1. The van der Waals surface area contributed by atoms with Crippen molar-refractivity contribution in [3.05, 3.63) is 0 Å². The molecule has 0 radical (unpaired) electrons. The van der Waals surface area contributed by atoms with Gasteiger partial charge >= 0.3 is 13.6 Å². The smallest absolute Gasteiger partial charge is 0.338 e. The van der Waals surface area contributed by atoms with Gasteiger partial charge in [0.15, 0.2) is 0 Å². The molecule has 6 nitrogen and oxygen atoms in total. The molecule has 0 saturated carbocycles. The Labute approximate surface area is 127 Å². The van der Waals surface area contributed by atoms with E-state index in [1.165, 1.54) is 0 Å². The predicted octanol–water partition coefficient (Wildman–Crippen LogP) is 3.34. The van der Waals surface area contributed by atoms with E-state index in [2.05, 4.69) is 0 Å². The summed E-state index contributed by atoms with van der Waals surface area (Å²) >= 11 is 0. The normalized spacial score (nSPS) is 11.4. The highest BCUT2D eigenvalue weighted by Gasteiger charge is 2.26. The van der Waals surface area contributed by atoms with Crippen molar-refractivity contribution in [3.8, 4) is 0 Å². The lowest BCUT2D eigenvalue weighted by Gasteiger charge is -2.15. The van der Waals surface area contributed by atoms with E-state index in [-0.39, 0.29) is 31.1 Å². The van der Waals surface area contributed by atoms with E-state index in [1.54, 1.807) is 20.8 Å². The zero-order valence-electron chi connectivity index (χ0n) is 13.3. The monoisotopic (exact) mass is 322 g/mol. The molecule has 21 heavy (non-hydrogen) atoms. The Hall–Kier alpha value is -0.710. The second-order valence-corrected chi connectivity index (χ2v) is 6.56. The van der Waals surface area contributed by atoms with Crippen molar-refractivity contribution in [2.45, 2.75) is 52.9 Å². The minimum atomic E-state index is -3.28. The summed E-state index contributed by atoms with van der Waals surface area (Å²) in [5, 5.41) is 0. The van der Waals surface area contributed by atoms with Gasteiger partial charge in [0.1, 0.15) is 11.9 Å². The number of hydrogen-bond acceptors (Lipinski definition) is 6. The molecular weight excluding hydrogens is 295 g/mol. The molecule has 0 heterocycles. The highest BCUT2D eigenvalue weighted by Crippen LogP contribution is 2.48. The maximum atomic E-state index is 12.1. The van der Waals surface area contributed by atoms with Gasteiger partial charge in [0, 0.05) is 12.8 Å². The van der Waals surface area contributed by atoms with Crippen molar-refractivity contribution in [1.82, 2.24) is 0 Å². The molecule has 0 aliphatic carbocycles. The van der Waals surface area contributed by atoms with Crippen LogP contribution in [0.3, 0.4) is 0 Å². The minimum absolute atomic E-state index is 0.128. The summed E-state index contributed by atoms with van der Waals surface area (Å²) in [5.74, 6) is -0.336. The van der Waals surface area contributed by atoms with E-state index in [0.717, 1.165) is 6.42 Å². The molecule has 0 aliphatic rings. The average molecular weight is 322 g/mol. The molecule has 0 atom stereocenters. The SMILES string of the molecule is CCOC(=O)CCCCCC(=O)CP(=O)(OCC)OCC. The molecule has 0 aliphatic heterocycles. The maximum absolute atomic E-state index is 12.1. The first-order valence-electron chi connectivity index (χ1n) is 7.52. The number of carbonyl (C=O) groups excluding carboxylic acids is 2. The highest BCUT2D eigenvalue weighted by molar-refractivity contribution is 7.54. The molecule has 124 valence electrons. The summed E-state index contributed by atoms with van der Waals surface area (Å²) < 4.78 is 27.1. The Kier molecular flexibility index (Phi) is 11.5. The summed E-state index contributed by atoms with van der Waals surface area (Å²) in [6, 6.07) is 0. The van der Waals surface area contributed by atoms with Crippen LogP contribution in [-0.4, -0.2) is 37.7 Å². The summed E-state index contributed by atoms with van der Waals surface area (Å²) in [5.41, 5.74) is 0. The fraction of sp³-hybridized carbons (Fsp3) is 0.857. The van der Waals surface area contributed by atoms with Crippen LogP contribution in [-0.2, 0) is 27.9 Å². The predicted molar refractivity (Wildman–Crippen MR) is 80.5 cm³/mol. The van der Waals surface area contributed by atoms with E-state index in [4.69, 9.17) is 13.8 Å². The molecule has 0 spiro atoms. The largest absolute Gasteiger partial charge is 0.466 e. The van der Waals surface area contributed by atoms with Gasteiger partial charge in [-0.2, -0.15) is 0 Å². The molecule has 0 aromatic carbocycles. The second kappa shape index (κ2) is 11.9. The number of ketones is 1. The van der Waals surface area contributed by atoms with Crippen LogP contribution in [0.25, 0.3) is 0 Å². The number of ether oxygens (including phenoxy) is 1. The first-order chi connectivity index (χ1) is 9.97. The third-order valence-electron chi connectivity index (χ3n) is 2.66. The summed E-state index contributed by atoms with van der Waals surface area (Å²) in [7, 11) is -3.28. The quantitative estimate of drug-likeness (QED) is 0.294. The third kappa shape index (κ3) is 10.6. The van der Waals surface area contributed by atoms with E-state index >= 15 is 0 Å². The van der Waals surface area contributed by atoms with Gasteiger partial charge in [-0.15, -0.1) is 0 Å². The molecular formula is C14H27O6P. The molecule has 0 aromatic heterocycles. The van der Waals surface area contributed by atoms with Gasteiger partial charge in [0.2, 0.25) is 0 Å². The van der Waals surface area contributed by atoms with Gasteiger partial charge < -0.3 is 13.8 Å². The van der Waals surface area contributed by atoms with Gasteiger partial charge in [-0.05, 0) is 33.6 Å². The van der Waals surface area contributed by atoms with Crippen LogP contribution in [0.1, 0.15) is 52.9 Å². The van der Waals surface area contributed by atoms with Gasteiger partial charge in [0.25, 0.3) is 0 Å². The van der Waals surface area contributed by atoms with Crippen LogP contribution in [0, 0.1) is 0 Å². The summed E-state index contributed by atoms with van der Waals surface area (Å²) in [6.07, 6.45) is 2.65. The van der Waals surface area contributed by atoms with E-state index < -0.39 is 7.60 Å². The van der Waals surface area contributed by atoms with Gasteiger partial charge in [-0.3, -0.25) is 14.2 Å². The fourth-order valence-electron chi connectivity index (χ4n) is 1.82. The van der Waals surface area contributed by atoms with E-state index in [0.29, 0.717) is 32.3 Å². The van der Waals surface area contributed by atoms with Crippen LogP contribution < -0.4 is 0 Å². The Morgan fingerprint density at radius 3 is 1.95 bits per heavy atom. The molecule has 0 aromatic rings. The Balaban J connectivity index is 3.88. The molecule has 7 heteroatoms. The van der Waals surface area contributed by atoms with Crippen LogP contribution in [0.4, 0.5) is 0 Å². The van der Waals surface area contributed by atoms with Crippen molar-refractivity contribution in [1.29, 1.82) is 0 Å². The standard InChI is InChI=1S/C14H27O6P/c1-4-18-14(16)11-9-7-8-10-13(15)12-21(17,19-5-2)20-6-3/h4-12H2,1-3H3. The number of Topliss-reactive ketones (excluding diaryl/α,β-unsaturated/α-hetero) is 1. The first-order valence-corrected chi connectivity index (χ1v) is 9.25. The highest BCUT2D eigenvalue weighted by atomic mass is 31.2. The molecule has 0 rings (SSSR count). The fourth-order valence-corrected chi connectivity index (χ4v) is 3.45. The van der Waals surface area contributed by atoms with Gasteiger partial charge in [0.05, 0.1) is 19.8 Å². The van der Waals surface area contributed by atoms with Crippen molar-refractivity contribution >= 4 is 19.3 Å². The number of carbonyl (C=O) groups is 2. The lowest BCUT2D eigenvalue weighted by molar-refractivity contribution is -0.143. The zero-order valence-corrected chi connectivity index (χ0v) is 14.2. The van der Waals surface area contributed by atoms with Crippen molar-refractivity contribution in [3.63, 3.8) is 0 Å². The Morgan fingerprint density at radius 1 is 0.857 bits per heavy atom. The van der Waals surface area contributed by atoms with Gasteiger partial charge in [-0.25, -0.2) is 0 Å². The second-order valence-electron chi connectivity index (χ2n) is 4.51. The van der Waals surface area contributed by atoms with E-state index in [1.807, 2.05) is 0 Å². The van der Waals surface area contributed by atoms with Crippen molar-refractivity contribution < 1.29 is 27.9 Å². The lowest BCUT2D eigenvalue weighted by atomic mass is 10.1. The van der Waals surface area contributed by atoms with Crippen LogP contribution in [0.5, 0.6) is 0 Å². The molecule has 0 N–H and O–H groups in total. The molecule has 0 amide bonds. The minimum Gasteiger partial charge on any atom is -0.466 e. The van der Waals surface area contributed by atoms with E-state index in [9.17, 15) is 14.2 Å². The number of hydrogen-bond donors (Lipinski definition) is 0. The first kappa shape index (κ1) is 20.3. The molecule has 0 saturated heterocycles. The number of unbranched alkanes of at least 4 members (excludes halogenated alkanes) is 2. The van der Waals surface area contributed by atoms with Crippen molar-refractivity contribution in [2.75, 3.05) is 26.0 Å². The summed E-state index contributed by atoms with van der Waals surface area (Å²) in [4.78, 5) is 22.9. The third-order valence-corrected chi connectivity index (χ3v) is 4.71. The number of rotatable bonds is 13. The molecule has 0 unspecified atom stereocenters. The lowest BCUT2D eigenvalue weighted by Crippen LogP contribution is -2.10. The van der Waals surface area contributed by atoms with Crippen LogP contribution >= 0.6 is 7.60 Å². The van der Waals surface area contributed by atoms with Crippen molar-refractivity contribution in [2.24, 2.45) is 0 Å². The van der Waals surface area contributed by atoms with Crippen LogP contribution in [0.2, 0.25) is 0 Å². The number of esters is 1. The van der Waals surface area contributed by atoms with Crippen LogP contribution in [0.15, 0.2) is 0 Å². The average Bonchev–Trinajstić information content (AvgIpc) is 2.38. The molecule has 0 fully saturated rings. The molecule has 0 bridgehead atoms. The summed E-state index contributed by atoms with van der Waals surface area (Å²) in [6.45, 7) is 6.10. The Bertz CT molecular complexity index is 345.